The maximum Gasteiger partial charge on any atom is 0.338 e. The number of ether oxygens (including phenoxy) is 2. The first kappa shape index (κ1) is 23.2. The van der Waals surface area contributed by atoms with Crippen LogP contribution in [0.3, 0.4) is 0 Å². The molecule has 3 aromatic rings. The summed E-state index contributed by atoms with van der Waals surface area (Å²) in [6, 6.07) is 15.5. The highest BCUT2D eigenvalue weighted by molar-refractivity contribution is 5.92. The lowest BCUT2D eigenvalue weighted by molar-refractivity contribution is -0.138. The van der Waals surface area contributed by atoms with E-state index in [1.165, 1.54) is 11.6 Å². The van der Waals surface area contributed by atoms with E-state index in [-0.39, 0.29) is 12.0 Å². The zero-order valence-electron chi connectivity index (χ0n) is 19.9. The molecule has 0 aliphatic carbocycles. The maximum atomic E-state index is 12.8. The van der Waals surface area contributed by atoms with Crippen LogP contribution in [0.5, 0.6) is 5.75 Å². The van der Waals surface area contributed by atoms with Crippen LogP contribution < -0.4 is 10.1 Å². The molecule has 1 atom stereocenters. The number of aromatic nitrogens is 4. The van der Waals surface area contributed by atoms with E-state index in [1.54, 1.807) is 11.6 Å². The molecular formula is C26H29N5O3. The number of hydrogen-bond acceptors (Lipinski definition) is 7. The monoisotopic (exact) mass is 459 g/mol. The smallest absolute Gasteiger partial charge is 0.338 e. The second-order valence-electron chi connectivity index (χ2n) is 9.21. The molecule has 0 spiro atoms. The Morgan fingerprint density at radius 3 is 2.50 bits per heavy atom. The van der Waals surface area contributed by atoms with E-state index in [2.05, 4.69) is 72.5 Å². The lowest BCUT2D eigenvalue weighted by atomic mass is 9.87. The van der Waals surface area contributed by atoms with Gasteiger partial charge in [-0.25, -0.2) is 4.79 Å². The van der Waals surface area contributed by atoms with E-state index in [0.29, 0.717) is 23.8 Å². The second kappa shape index (κ2) is 9.51. The number of rotatable bonds is 7. The van der Waals surface area contributed by atoms with Gasteiger partial charge in [-0.05, 0) is 51.6 Å². The molecule has 8 heteroatoms. The van der Waals surface area contributed by atoms with Gasteiger partial charge < -0.3 is 14.8 Å². The molecule has 0 amide bonds. The lowest BCUT2D eigenvalue weighted by Crippen LogP contribution is -2.29. The van der Waals surface area contributed by atoms with Crippen LogP contribution >= 0.6 is 0 Å². The minimum absolute atomic E-state index is 0.118. The minimum Gasteiger partial charge on any atom is -0.489 e. The average molecular weight is 460 g/mol. The molecule has 1 N–H and O–H groups in total. The van der Waals surface area contributed by atoms with E-state index in [9.17, 15) is 4.79 Å². The summed E-state index contributed by atoms with van der Waals surface area (Å²) in [5, 5.41) is 14.9. The Labute approximate surface area is 199 Å². The number of fused-ring (bicyclic) bond motifs is 1. The van der Waals surface area contributed by atoms with Crippen molar-refractivity contribution in [1.29, 1.82) is 0 Å². The van der Waals surface area contributed by atoms with Gasteiger partial charge in [0.1, 0.15) is 25.0 Å². The molecule has 1 aliphatic heterocycles. The highest BCUT2D eigenvalue weighted by atomic mass is 16.5. The van der Waals surface area contributed by atoms with Crippen molar-refractivity contribution in [3.63, 3.8) is 0 Å². The normalized spacial score (nSPS) is 15.4. The Morgan fingerprint density at radius 1 is 1.15 bits per heavy atom. The molecule has 1 unspecified atom stereocenters. The first-order valence-electron chi connectivity index (χ1n) is 11.1. The summed E-state index contributed by atoms with van der Waals surface area (Å²) >= 11 is 0. The summed E-state index contributed by atoms with van der Waals surface area (Å²) in [5.41, 5.74) is 4.42. The van der Waals surface area contributed by atoms with Crippen molar-refractivity contribution in [3.05, 3.63) is 89.1 Å². The van der Waals surface area contributed by atoms with Gasteiger partial charge in [-0.15, -0.1) is 0 Å². The van der Waals surface area contributed by atoms with Crippen molar-refractivity contribution >= 4 is 11.9 Å². The van der Waals surface area contributed by atoms with Gasteiger partial charge in [0.05, 0.1) is 5.57 Å². The Bertz CT molecular complexity index is 1200. The first-order chi connectivity index (χ1) is 16.3. The van der Waals surface area contributed by atoms with Crippen LogP contribution in [0.1, 0.15) is 50.4 Å². The number of tetrazole rings is 1. The van der Waals surface area contributed by atoms with E-state index in [4.69, 9.17) is 9.47 Å². The van der Waals surface area contributed by atoms with Crippen LogP contribution in [0.4, 0.5) is 5.95 Å². The molecule has 0 saturated carbocycles. The third-order valence-corrected chi connectivity index (χ3v) is 5.69. The Morgan fingerprint density at radius 2 is 1.85 bits per heavy atom. The molecule has 8 nitrogen and oxygen atoms in total. The van der Waals surface area contributed by atoms with Gasteiger partial charge in [0.2, 0.25) is 5.95 Å². The third-order valence-electron chi connectivity index (χ3n) is 5.69. The summed E-state index contributed by atoms with van der Waals surface area (Å²) in [7, 11) is 0. The van der Waals surface area contributed by atoms with Gasteiger partial charge in [-0.3, -0.25) is 0 Å². The van der Waals surface area contributed by atoms with E-state index >= 15 is 0 Å². The van der Waals surface area contributed by atoms with Crippen LogP contribution in [0, 0.1) is 0 Å². The molecule has 0 bridgehead atoms. The molecule has 0 fully saturated rings. The molecule has 1 aliphatic rings. The average Bonchev–Trinajstić information content (AvgIpc) is 3.28. The number of allylic oxidation sites excluding steroid dienone is 1. The van der Waals surface area contributed by atoms with E-state index in [1.807, 2.05) is 24.3 Å². The summed E-state index contributed by atoms with van der Waals surface area (Å²) in [5.74, 6) is 0.739. The van der Waals surface area contributed by atoms with Crippen LogP contribution in [0.2, 0.25) is 0 Å². The quantitative estimate of drug-likeness (QED) is 0.409. The number of nitrogens with one attached hydrogen (secondary N) is 1. The van der Waals surface area contributed by atoms with Gasteiger partial charge in [-0.1, -0.05) is 74.9 Å². The molecule has 1 aromatic heterocycles. The van der Waals surface area contributed by atoms with Gasteiger partial charge in [0.25, 0.3) is 0 Å². The van der Waals surface area contributed by atoms with Crippen LogP contribution in [0.15, 0.2) is 72.5 Å². The third kappa shape index (κ3) is 4.85. The molecule has 0 radical (unpaired) electrons. The van der Waals surface area contributed by atoms with E-state index < -0.39 is 12.0 Å². The Balaban J connectivity index is 1.52. The minimum atomic E-state index is -0.525. The molecule has 34 heavy (non-hydrogen) atoms. The number of nitrogens with zero attached hydrogens (tertiary/aromatic N) is 4. The number of carbonyl (C=O) groups is 1. The van der Waals surface area contributed by atoms with Crippen molar-refractivity contribution in [3.8, 4) is 5.75 Å². The fraction of sp³-hybridized carbons (Fsp3) is 0.308. The largest absolute Gasteiger partial charge is 0.489 e. The number of esters is 1. The van der Waals surface area contributed by atoms with Crippen molar-refractivity contribution in [1.82, 2.24) is 20.2 Å². The highest BCUT2D eigenvalue weighted by Crippen LogP contribution is 2.35. The SMILES string of the molecule is C=CCOC(=O)C1=C(C)Nc2nnnn2C1c1ccc(OCc2ccc(C(C)(C)C)cc2)cc1. The van der Waals surface area contributed by atoms with Crippen LogP contribution in [-0.2, 0) is 21.6 Å². The van der Waals surface area contributed by atoms with Crippen molar-refractivity contribution in [2.75, 3.05) is 11.9 Å². The number of carbonyl (C=O) groups excluding carboxylic acids is 1. The standard InChI is InChI=1S/C26H29N5O3/c1-6-15-33-24(32)22-17(2)27-25-28-29-30-31(25)23(22)19-9-13-21(14-10-19)34-16-18-7-11-20(12-8-18)26(3,4)5/h6-14,23H,1,15-16H2,2-5H3,(H,27,28,30). The zero-order valence-corrected chi connectivity index (χ0v) is 19.9. The maximum absolute atomic E-state index is 12.8. The predicted octanol–water partition coefficient (Wildman–Crippen LogP) is 4.57. The molecule has 2 aromatic carbocycles. The van der Waals surface area contributed by atoms with Crippen molar-refractivity contribution < 1.29 is 14.3 Å². The van der Waals surface area contributed by atoms with Gasteiger partial charge in [0, 0.05) is 5.70 Å². The van der Waals surface area contributed by atoms with E-state index in [0.717, 1.165) is 16.9 Å². The van der Waals surface area contributed by atoms with Crippen molar-refractivity contribution in [2.45, 2.75) is 45.8 Å². The molecule has 176 valence electrons. The number of hydrogen-bond donors (Lipinski definition) is 1. The number of benzene rings is 2. The fourth-order valence-corrected chi connectivity index (χ4v) is 3.81. The summed E-state index contributed by atoms with van der Waals surface area (Å²) in [6.45, 7) is 12.6. The molecule has 2 heterocycles. The fourth-order valence-electron chi connectivity index (χ4n) is 3.81. The zero-order chi connectivity index (χ0) is 24.3. The Kier molecular flexibility index (Phi) is 6.49. The van der Waals surface area contributed by atoms with Crippen LogP contribution in [0.25, 0.3) is 0 Å². The topological polar surface area (TPSA) is 91.2 Å². The predicted molar refractivity (Wildman–Crippen MR) is 129 cm³/mol. The highest BCUT2D eigenvalue weighted by Gasteiger charge is 2.34. The molecule has 4 rings (SSSR count). The second-order valence-corrected chi connectivity index (χ2v) is 9.21. The first-order valence-corrected chi connectivity index (χ1v) is 11.1. The number of anilines is 1. The summed E-state index contributed by atoms with van der Waals surface area (Å²) in [6.07, 6.45) is 1.53. The molecular weight excluding hydrogens is 430 g/mol. The van der Waals surface area contributed by atoms with Gasteiger partial charge in [-0.2, -0.15) is 4.68 Å². The van der Waals surface area contributed by atoms with Gasteiger partial charge >= 0.3 is 5.97 Å². The van der Waals surface area contributed by atoms with Crippen molar-refractivity contribution in [2.24, 2.45) is 0 Å². The summed E-state index contributed by atoms with van der Waals surface area (Å²) < 4.78 is 12.9. The lowest BCUT2D eigenvalue weighted by Gasteiger charge is -2.27. The Hall–Kier alpha value is -3.94. The van der Waals surface area contributed by atoms with Crippen LogP contribution in [-0.4, -0.2) is 32.8 Å². The van der Waals surface area contributed by atoms with Gasteiger partial charge in [0.15, 0.2) is 0 Å². The molecule has 0 saturated heterocycles. The summed E-state index contributed by atoms with van der Waals surface area (Å²) in [4.78, 5) is 12.8.